The molecule has 0 aromatic rings. The van der Waals surface area contributed by atoms with Gasteiger partial charge in [0.1, 0.15) is 18.3 Å². The van der Waals surface area contributed by atoms with Crippen LogP contribution >= 0.6 is 0 Å². The molecule has 1 saturated heterocycles. The Balaban J connectivity index is 2.88. The molecule has 0 saturated carbocycles. The lowest BCUT2D eigenvalue weighted by molar-refractivity contribution is -0.372. The van der Waals surface area contributed by atoms with Crippen LogP contribution in [0.5, 0.6) is 0 Å². The normalized spacial score (nSPS) is 24.9. The Kier molecular flexibility index (Phi) is 5.39. The number of carbonyl (C=O) groups excluding carboxylic acids is 2. The molecular weight excluding hydrogens is 280 g/mol. The highest BCUT2D eigenvalue weighted by Gasteiger charge is 2.52. The molecule has 0 amide bonds. The van der Waals surface area contributed by atoms with E-state index in [9.17, 15) is 30.0 Å². The predicted molar refractivity (Wildman–Crippen MR) is 57.5 cm³/mol. The second-order valence-corrected chi connectivity index (χ2v) is 4.25. The minimum absolute atomic E-state index is 0.397. The van der Waals surface area contributed by atoms with Crippen LogP contribution in [-0.2, 0) is 19.1 Å². The minimum atomic E-state index is -3.19. The summed E-state index contributed by atoms with van der Waals surface area (Å²) in [5, 5.41) is 56.1. The molecule has 1 aliphatic rings. The van der Waals surface area contributed by atoms with E-state index in [-0.39, 0.29) is 0 Å². The Morgan fingerprint density at radius 3 is 1.85 bits per heavy atom. The maximum absolute atomic E-state index is 11.2. The number of aliphatic hydroxyl groups excluding tert-OH is 5. The summed E-state index contributed by atoms with van der Waals surface area (Å²) in [4.78, 5) is 22.3. The number of esters is 2. The second-order valence-electron chi connectivity index (χ2n) is 4.25. The third-order valence-corrected chi connectivity index (χ3v) is 2.68. The van der Waals surface area contributed by atoms with Crippen molar-refractivity contribution >= 4 is 11.9 Å². The molecule has 1 rings (SSSR count). The summed E-state index contributed by atoms with van der Waals surface area (Å²) in [6.45, 7) is -0.942. The molecule has 10 heteroatoms. The van der Waals surface area contributed by atoms with Gasteiger partial charge in [-0.15, -0.1) is 0 Å². The lowest BCUT2D eigenvalue weighted by Gasteiger charge is -2.34. The summed E-state index contributed by atoms with van der Waals surface area (Å²) in [5.74, 6) is -5.33. The zero-order chi connectivity index (χ0) is 15.5. The Morgan fingerprint density at radius 1 is 1.00 bits per heavy atom. The van der Waals surface area contributed by atoms with Crippen LogP contribution < -0.4 is 0 Å². The van der Waals surface area contributed by atoms with Crippen molar-refractivity contribution in [3.63, 3.8) is 0 Å². The van der Waals surface area contributed by atoms with Crippen LogP contribution in [0.25, 0.3) is 0 Å². The maximum Gasteiger partial charge on any atom is 0.403 e. The van der Waals surface area contributed by atoms with Crippen molar-refractivity contribution in [1.29, 1.82) is 0 Å². The van der Waals surface area contributed by atoms with Crippen molar-refractivity contribution in [2.24, 2.45) is 0 Å². The van der Waals surface area contributed by atoms with Crippen molar-refractivity contribution < 1.29 is 49.7 Å². The van der Waals surface area contributed by atoms with Crippen LogP contribution in [0.1, 0.15) is 12.8 Å². The number of rotatable bonds is 5. The van der Waals surface area contributed by atoms with E-state index >= 15 is 0 Å². The summed E-state index contributed by atoms with van der Waals surface area (Å²) >= 11 is 0. The molecule has 1 aliphatic heterocycles. The Hall–Kier alpha value is -1.30. The molecule has 0 radical (unpaired) electrons. The summed E-state index contributed by atoms with van der Waals surface area (Å²) < 4.78 is 8.65. The molecular formula is C10H16O10. The molecule has 0 unspecified atom stereocenters. The van der Waals surface area contributed by atoms with Crippen molar-refractivity contribution in [3.05, 3.63) is 0 Å². The maximum atomic E-state index is 11.2. The van der Waals surface area contributed by atoms with Crippen LogP contribution in [0, 0.1) is 0 Å². The minimum Gasteiger partial charge on any atom is -0.396 e. The standard InChI is InChI=1S/C10H16O10/c11-3-4(12)7(15)8(16)9(17)10(18)19-5(13)1-2-6(14)20-10/h4,7-9,11-12,15-18H,1-3H2/t4-,7-,8-,9+/m0/s1. The van der Waals surface area contributed by atoms with Crippen LogP contribution in [0.4, 0.5) is 0 Å². The van der Waals surface area contributed by atoms with Gasteiger partial charge in [0.25, 0.3) is 0 Å². The third-order valence-electron chi connectivity index (χ3n) is 2.68. The molecule has 0 spiro atoms. The smallest absolute Gasteiger partial charge is 0.396 e. The zero-order valence-electron chi connectivity index (χ0n) is 10.2. The molecule has 1 heterocycles. The molecule has 10 nitrogen and oxygen atoms in total. The fourth-order valence-corrected chi connectivity index (χ4v) is 1.51. The Morgan fingerprint density at radius 2 is 1.45 bits per heavy atom. The van der Waals surface area contributed by atoms with Gasteiger partial charge in [0.15, 0.2) is 6.10 Å². The molecule has 116 valence electrons. The van der Waals surface area contributed by atoms with E-state index in [4.69, 9.17) is 10.2 Å². The van der Waals surface area contributed by atoms with Gasteiger partial charge in [-0.3, -0.25) is 9.59 Å². The first-order chi connectivity index (χ1) is 9.21. The lowest BCUT2D eigenvalue weighted by Crippen LogP contribution is -2.59. The number of hydrogen-bond donors (Lipinski definition) is 6. The summed E-state index contributed by atoms with van der Waals surface area (Å²) in [6, 6.07) is 0. The molecule has 0 bridgehead atoms. The first-order valence-electron chi connectivity index (χ1n) is 5.70. The van der Waals surface area contributed by atoms with E-state index < -0.39 is 61.8 Å². The molecule has 4 atom stereocenters. The van der Waals surface area contributed by atoms with Crippen molar-refractivity contribution in [2.75, 3.05) is 6.61 Å². The number of aliphatic hydroxyl groups is 6. The highest BCUT2D eigenvalue weighted by Crippen LogP contribution is 2.24. The van der Waals surface area contributed by atoms with Gasteiger partial charge >= 0.3 is 17.9 Å². The number of carbonyl (C=O) groups is 2. The highest BCUT2D eigenvalue weighted by atomic mass is 16.9. The van der Waals surface area contributed by atoms with Crippen molar-refractivity contribution in [2.45, 2.75) is 43.2 Å². The zero-order valence-corrected chi connectivity index (χ0v) is 10.2. The average molecular weight is 296 g/mol. The fraction of sp³-hybridized carbons (Fsp3) is 0.800. The van der Waals surface area contributed by atoms with Gasteiger partial charge in [-0.1, -0.05) is 0 Å². The highest BCUT2D eigenvalue weighted by molar-refractivity contribution is 5.79. The van der Waals surface area contributed by atoms with Gasteiger partial charge in [-0.2, -0.15) is 0 Å². The SMILES string of the molecule is O=C1CCC(=O)OC(O)([C@H](O)[C@@H](O)[C@@H](O)[C@@H](O)CO)O1. The first-order valence-corrected chi connectivity index (χ1v) is 5.70. The van der Waals surface area contributed by atoms with Gasteiger partial charge in [0, 0.05) is 0 Å². The average Bonchev–Trinajstić information content (AvgIpc) is 2.54. The molecule has 0 aliphatic carbocycles. The van der Waals surface area contributed by atoms with Crippen LogP contribution in [0.3, 0.4) is 0 Å². The third kappa shape index (κ3) is 3.62. The van der Waals surface area contributed by atoms with E-state index in [0.717, 1.165) is 0 Å². The lowest BCUT2D eigenvalue weighted by atomic mass is 10.0. The van der Waals surface area contributed by atoms with Gasteiger partial charge in [0.05, 0.1) is 19.4 Å². The Bertz CT molecular complexity index is 351. The predicted octanol–water partition coefficient (Wildman–Crippen LogP) is -4.05. The van der Waals surface area contributed by atoms with Crippen LogP contribution in [0.15, 0.2) is 0 Å². The van der Waals surface area contributed by atoms with E-state index in [1.807, 2.05) is 0 Å². The summed E-state index contributed by atoms with van der Waals surface area (Å²) in [5.41, 5.74) is 0. The number of cyclic esters (lactones) is 2. The second kappa shape index (κ2) is 6.43. The van der Waals surface area contributed by atoms with Gasteiger partial charge in [-0.25, -0.2) is 0 Å². The van der Waals surface area contributed by atoms with Gasteiger partial charge in [-0.05, 0) is 0 Å². The van der Waals surface area contributed by atoms with E-state index in [1.54, 1.807) is 0 Å². The number of ether oxygens (including phenoxy) is 2. The van der Waals surface area contributed by atoms with Crippen molar-refractivity contribution in [1.82, 2.24) is 0 Å². The van der Waals surface area contributed by atoms with E-state index in [2.05, 4.69) is 9.47 Å². The van der Waals surface area contributed by atoms with Crippen molar-refractivity contribution in [3.8, 4) is 0 Å². The first kappa shape index (κ1) is 16.8. The van der Waals surface area contributed by atoms with Gasteiger partial charge < -0.3 is 40.1 Å². The Labute approximate surface area is 112 Å². The number of hydrogen-bond acceptors (Lipinski definition) is 10. The molecule has 1 fully saturated rings. The molecule has 6 N–H and O–H groups in total. The molecule has 20 heavy (non-hydrogen) atoms. The van der Waals surface area contributed by atoms with Crippen LogP contribution in [0.2, 0.25) is 0 Å². The summed E-state index contributed by atoms with van der Waals surface area (Å²) in [6.07, 6.45) is -9.43. The summed E-state index contributed by atoms with van der Waals surface area (Å²) in [7, 11) is 0. The van der Waals surface area contributed by atoms with Gasteiger partial charge in [0.2, 0.25) is 0 Å². The van der Waals surface area contributed by atoms with E-state index in [0.29, 0.717) is 0 Å². The largest absolute Gasteiger partial charge is 0.403 e. The molecule has 0 aromatic carbocycles. The van der Waals surface area contributed by atoms with E-state index in [1.165, 1.54) is 0 Å². The fourth-order valence-electron chi connectivity index (χ4n) is 1.51. The monoisotopic (exact) mass is 296 g/mol. The molecule has 0 aromatic heterocycles. The van der Waals surface area contributed by atoms with Crippen LogP contribution in [-0.4, -0.2) is 79.6 Å². The topological polar surface area (TPSA) is 174 Å². The quantitative estimate of drug-likeness (QED) is 0.274.